The molecule has 0 saturated carbocycles. The molecular formula is C8H10BF3NO-. The van der Waals surface area contributed by atoms with Gasteiger partial charge in [0.15, 0.2) is 5.88 Å². The molecular weight excluding hydrogens is 194 g/mol. The highest BCUT2D eigenvalue weighted by molar-refractivity contribution is 6.74. The van der Waals surface area contributed by atoms with Crippen LogP contribution >= 0.6 is 0 Å². The summed E-state index contributed by atoms with van der Waals surface area (Å²) in [7, 11) is 0. The molecule has 0 saturated heterocycles. The van der Waals surface area contributed by atoms with Gasteiger partial charge in [0.05, 0.1) is 6.10 Å². The molecule has 0 aromatic carbocycles. The van der Waals surface area contributed by atoms with Crippen LogP contribution in [0.15, 0.2) is 18.3 Å². The van der Waals surface area contributed by atoms with Crippen LogP contribution in [-0.2, 0) is 0 Å². The highest BCUT2D eigenvalue weighted by Crippen LogP contribution is 2.15. The predicted molar refractivity (Wildman–Crippen MR) is 48.7 cm³/mol. The Morgan fingerprint density at radius 1 is 1.36 bits per heavy atom. The number of hydrogen-bond donors (Lipinski definition) is 0. The number of rotatable bonds is 3. The van der Waals surface area contributed by atoms with Crippen molar-refractivity contribution in [3.05, 3.63) is 18.3 Å². The van der Waals surface area contributed by atoms with Crippen molar-refractivity contribution in [3.63, 3.8) is 0 Å². The maximum atomic E-state index is 12.4. The SMILES string of the molecule is CC(C)Oc1ncccc1[B-](F)(F)F. The fourth-order valence-electron chi connectivity index (χ4n) is 0.974. The zero-order valence-electron chi connectivity index (χ0n) is 7.88. The first kappa shape index (κ1) is 10.9. The average Bonchev–Trinajstić information content (AvgIpc) is 2.01. The van der Waals surface area contributed by atoms with Gasteiger partial charge in [-0.1, -0.05) is 6.07 Å². The van der Waals surface area contributed by atoms with Crippen molar-refractivity contribution in [2.75, 3.05) is 0 Å². The van der Waals surface area contributed by atoms with E-state index in [2.05, 4.69) is 4.98 Å². The Labute approximate surface area is 80.2 Å². The van der Waals surface area contributed by atoms with Crippen molar-refractivity contribution in [1.29, 1.82) is 0 Å². The molecule has 1 rings (SSSR count). The van der Waals surface area contributed by atoms with E-state index in [0.717, 1.165) is 6.07 Å². The van der Waals surface area contributed by atoms with Crippen LogP contribution in [0.4, 0.5) is 12.9 Å². The molecule has 0 aliphatic heterocycles. The molecule has 1 aromatic heterocycles. The lowest BCUT2D eigenvalue weighted by molar-refractivity contribution is 0.234. The summed E-state index contributed by atoms with van der Waals surface area (Å²) >= 11 is 0. The summed E-state index contributed by atoms with van der Waals surface area (Å²) in [5.41, 5.74) is -0.777. The van der Waals surface area contributed by atoms with Crippen molar-refractivity contribution in [1.82, 2.24) is 4.98 Å². The first-order valence-electron chi connectivity index (χ1n) is 4.23. The number of hydrogen-bond acceptors (Lipinski definition) is 2. The minimum Gasteiger partial charge on any atom is -0.477 e. The summed E-state index contributed by atoms with van der Waals surface area (Å²) < 4.78 is 42.3. The number of aromatic nitrogens is 1. The van der Waals surface area contributed by atoms with Gasteiger partial charge in [0.25, 0.3) is 0 Å². The van der Waals surface area contributed by atoms with Crippen LogP contribution in [-0.4, -0.2) is 18.1 Å². The van der Waals surface area contributed by atoms with E-state index in [9.17, 15) is 12.9 Å². The van der Waals surface area contributed by atoms with E-state index >= 15 is 0 Å². The molecule has 14 heavy (non-hydrogen) atoms. The molecule has 0 aliphatic rings. The Bertz CT molecular complexity index is 314. The van der Waals surface area contributed by atoms with E-state index in [-0.39, 0.29) is 12.0 Å². The summed E-state index contributed by atoms with van der Waals surface area (Å²) in [5.74, 6) is -0.338. The fourth-order valence-corrected chi connectivity index (χ4v) is 0.974. The number of pyridine rings is 1. The van der Waals surface area contributed by atoms with Crippen molar-refractivity contribution < 1.29 is 17.7 Å². The monoisotopic (exact) mass is 204 g/mol. The van der Waals surface area contributed by atoms with E-state index in [4.69, 9.17) is 4.74 Å². The van der Waals surface area contributed by atoms with Gasteiger partial charge in [0, 0.05) is 6.20 Å². The third kappa shape index (κ3) is 2.65. The molecule has 0 aliphatic carbocycles. The second kappa shape index (κ2) is 3.90. The van der Waals surface area contributed by atoms with Gasteiger partial charge < -0.3 is 17.7 Å². The number of halogens is 3. The summed E-state index contributed by atoms with van der Waals surface area (Å²) in [6.45, 7) is -1.75. The Morgan fingerprint density at radius 3 is 2.50 bits per heavy atom. The van der Waals surface area contributed by atoms with Crippen LogP contribution < -0.4 is 10.2 Å². The molecule has 0 bridgehead atoms. The van der Waals surface area contributed by atoms with Crippen LogP contribution in [0, 0.1) is 0 Å². The standard InChI is InChI=1S/C8H10BF3NO/c1-6(2)14-8-7(9(10,11)12)4-3-5-13-8/h3-6H,1-2H3/q-1. The first-order valence-corrected chi connectivity index (χ1v) is 4.23. The maximum Gasteiger partial charge on any atom is 0.514 e. The van der Waals surface area contributed by atoms with E-state index in [0.29, 0.717) is 0 Å². The predicted octanol–water partition coefficient (Wildman–Crippen LogP) is 1.92. The van der Waals surface area contributed by atoms with E-state index in [1.165, 1.54) is 12.3 Å². The second-order valence-electron chi connectivity index (χ2n) is 3.14. The van der Waals surface area contributed by atoms with Gasteiger partial charge in [-0.3, -0.25) is 0 Å². The maximum absolute atomic E-state index is 12.4. The van der Waals surface area contributed by atoms with Gasteiger partial charge in [-0.2, -0.15) is 0 Å². The van der Waals surface area contributed by atoms with Crippen molar-refractivity contribution in [2.24, 2.45) is 0 Å². The Kier molecular flexibility index (Phi) is 3.03. The van der Waals surface area contributed by atoms with Gasteiger partial charge in [0.2, 0.25) is 0 Å². The Morgan fingerprint density at radius 2 is 2.00 bits per heavy atom. The molecule has 0 fully saturated rings. The fraction of sp³-hybridized carbons (Fsp3) is 0.375. The molecule has 2 nitrogen and oxygen atoms in total. The van der Waals surface area contributed by atoms with Crippen LogP contribution in [0.2, 0.25) is 0 Å². The van der Waals surface area contributed by atoms with Gasteiger partial charge in [-0.25, -0.2) is 4.98 Å². The quantitative estimate of drug-likeness (QED) is 0.701. The van der Waals surface area contributed by atoms with Crippen LogP contribution in [0.1, 0.15) is 13.8 Å². The topological polar surface area (TPSA) is 22.1 Å². The van der Waals surface area contributed by atoms with Gasteiger partial charge in [-0.15, -0.1) is 0 Å². The third-order valence-electron chi connectivity index (χ3n) is 1.50. The third-order valence-corrected chi connectivity index (χ3v) is 1.50. The Hall–Kier alpha value is -1.20. The smallest absolute Gasteiger partial charge is 0.477 e. The summed E-state index contributed by atoms with van der Waals surface area (Å²) in [6, 6.07) is 2.22. The lowest BCUT2D eigenvalue weighted by atomic mass is 9.81. The average molecular weight is 204 g/mol. The van der Waals surface area contributed by atoms with Crippen LogP contribution in [0.25, 0.3) is 0 Å². The largest absolute Gasteiger partial charge is 0.514 e. The summed E-state index contributed by atoms with van der Waals surface area (Å²) in [6.07, 6.45) is 0.963. The highest BCUT2D eigenvalue weighted by atomic mass is 19.4. The molecule has 0 unspecified atom stereocenters. The highest BCUT2D eigenvalue weighted by Gasteiger charge is 2.30. The molecule has 6 heteroatoms. The van der Waals surface area contributed by atoms with Gasteiger partial charge >= 0.3 is 6.98 Å². The lowest BCUT2D eigenvalue weighted by Crippen LogP contribution is -2.36. The zero-order valence-corrected chi connectivity index (χ0v) is 7.88. The van der Waals surface area contributed by atoms with Crippen molar-refractivity contribution in [3.8, 4) is 5.88 Å². The minimum absolute atomic E-state index is 0.318. The van der Waals surface area contributed by atoms with Crippen molar-refractivity contribution >= 4 is 12.4 Å². The summed E-state index contributed by atoms with van der Waals surface area (Å²) in [5, 5.41) is 0. The molecule has 1 heterocycles. The van der Waals surface area contributed by atoms with E-state index < -0.39 is 12.4 Å². The lowest BCUT2D eigenvalue weighted by Gasteiger charge is -2.19. The molecule has 0 radical (unpaired) electrons. The molecule has 0 amide bonds. The molecule has 1 aromatic rings. The molecule has 0 spiro atoms. The minimum atomic E-state index is -5.05. The normalized spacial score (nSPS) is 11.9. The molecule has 78 valence electrons. The van der Waals surface area contributed by atoms with Crippen LogP contribution in [0.5, 0.6) is 5.88 Å². The van der Waals surface area contributed by atoms with E-state index in [1.54, 1.807) is 13.8 Å². The van der Waals surface area contributed by atoms with Crippen molar-refractivity contribution in [2.45, 2.75) is 20.0 Å². The Balaban J connectivity index is 3.04. The number of nitrogens with zero attached hydrogens (tertiary/aromatic N) is 1. The van der Waals surface area contributed by atoms with Crippen LogP contribution in [0.3, 0.4) is 0 Å². The first-order chi connectivity index (χ1) is 6.41. The number of ether oxygens (including phenoxy) is 1. The second-order valence-corrected chi connectivity index (χ2v) is 3.14. The molecule has 0 N–H and O–H groups in total. The van der Waals surface area contributed by atoms with Gasteiger partial charge in [0.1, 0.15) is 0 Å². The van der Waals surface area contributed by atoms with E-state index in [1.807, 2.05) is 0 Å². The van der Waals surface area contributed by atoms with Gasteiger partial charge in [-0.05, 0) is 25.4 Å². The zero-order chi connectivity index (χ0) is 10.8. The molecule has 0 atom stereocenters. The summed E-state index contributed by atoms with van der Waals surface area (Å²) in [4.78, 5) is 3.56.